The monoisotopic (exact) mass is 442 g/mol. The molecule has 0 spiro atoms. The molecular weight excluding hydrogens is 416 g/mol. The summed E-state index contributed by atoms with van der Waals surface area (Å²) in [4.78, 5) is 27.6. The van der Waals surface area contributed by atoms with E-state index in [-0.39, 0.29) is 12.3 Å². The van der Waals surface area contributed by atoms with Gasteiger partial charge in [0, 0.05) is 35.8 Å². The van der Waals surface area contributed by atoms with E-state index in [1.165, 1.54) is 5.56 Å². The van der Waals surface area contributed by atoms with Crippen molar-refractivity contribution in [3.63, 3.8) is 0 Å². The number of nitrogens with zero attached hydrogens (tertiary/aromatic N) is 6. The van der Waals surface area contributed by atoms with Gasteiger partial charge in [0.1, 0.15) is 5.82 Å². The summed E-state index contributed by atoms with van der Waals surface area (Å²) in [6, 6.07) is 9.83. The molecular formula is C25H26N6O2. The normalized spacial score (nSPS) is 16.7. The fraction of sp³-hybridized carbons (Fsp3) is 0.320. The Hall–Kier alpha value is -3.65. The maximum atomic E-state index is 12.2. The molecule has 0 aromatic carbocycles. The number of aromatic nitrogens is 5. The SMILES string of the molecule is CC(C)c1cnn2ccc(-c3ccnc(Cc4ccc(N5CCC(O)CC5=O)cn4)n3)cc12. The second-order valence-corrected chi connectivity index (χ2v) is 8.73. The van der Waals surface area contributed by atoms with Crippen molar-refractivity contribution in [2.75, 3.05) is 11.4 Å². The fourth-order valence-electron chi connectivity index (χ4n) is 4.18. The van der Waals surface area contributed by atoms with Gasteiger partial charge < -0.3 is 10.0 Å². The quantitative estimate of drug-likeness (QED) is 0.509. The highest BCUT2D eigenvalue weighted by atomic mass is 16.3. The number of aliphatic hydroxyl groups is 1. The predicted octanol–water partition coefficient (Wildman–Crippen LogP) is 3.39. The lowest BCUT2D eigenvalue weighted by Gasteiger charge is -2.29. The average molecular weight is 443 g/mol. The summed E-state index contributed by atoms with van der Waals surface area (Å²) in [5.41, 5.74) is 5.74. The number of carbonyl (C=O) groups is 1. The van der Waals surface area contributed by atoms with Gasteiger partial charge in [-0.05, 0) is 42.7 Å². The van der Waals surface area contributed by atoms with Crippen LogP contribution in [0.1, 0.15) is 49.7 Å². The highest BCUT2D eigenvalue weighted by molar-refractivity contribution is 5.94. The van der Waals surface area contributed by atoms with Gasteiger partial charge in [-0.2, -0.15) is 5.10 Å². The van der Waals surface area contributed by atoms with Gasteiger partial charge >= 0.3 is 0 Å². The number of carbonyl (C=O) groups excluding carboxylic acids is 1. The lowest BCUT2D eigenvalue weighted by molar-refractivity contribution is -0.122. The van der Waals surface area contributed by atoms with Crippen LogP contribution in [-0.2, 0) is 11.2 Å². The number of anilines is 1. The molecule has 1 N–H and O–H groups in total. The van der Waals surface area contributed by atoms with Crippen LogP contribution >= 0.6 is 0 Å². The maximum Gasteiger partial charge on any atom is 0.229 e. The Balaban J connectivity index is 1.35. The van der Waals surface area contributed by atoms with Crippen LogP contribution in [0.15, 0.2) is 55.1 Å². The van der Waals surface area contributed by atoms with E-state index in [9.17, 15) is 9.90 Å². The van der Waals surface area contributed by atoms with E-state index in [1.807, 2.05) is 41.2 Å². The second kappa shape index (κ2) is 8.71. The van der Waals surface area contributed by atoms with E-state index in [4.69, 9.17) is 4.98 Å². The molecule has 1 aliphatic heterocycles. The second-order valence-electron chi connectivity index (χ2n) is 8.73. The van der Waals surface area contributed by atoms with Gasteiger partial charge in [0.05, 0.1) is 48.2 Å². The number of hydrogen-bond donors (Lipinski definition) is 1. The van der Waals surface area contributed by atoms with E-state index >= 15 is 0 Å². The van der Waals surface area contributed by atoms with Gasteiger partial charge in [0.25, 0.3) is 0 Å². The molecule has 0 bridgehead atoms. The lowest BCUT2D eigenvalue weighted by Crippen LogP contribution is -2.40. The first-order valence-electron chi connectivity index (χ1n) is 11.2. The first kappa shape index (κ1) is 21.2. The van der Waals surface area contributed by atoms with E-state index in [2.05, 4.69) is 35.0 Å². The number of pyridine rings is 2. The minimum Gasteiger partial charge on any atom is -0.393 e. The smallest absolute Gasteiger partial charge is 0.229 e. The summed E-state index contributed by atoms with van der Waals surface area (Å²) in [6.45, 7) is 4.83. The minimum atomic E-state index is -0.544. The van der Waals surface area contributed by atoms with Crippen molar-refractivity contribution in [2.45, 2.75) is 45.1 Å². The Kier molecular flexibility index (Phi) is 5.60. The third-order valence-electron chi connectivity index (χ3n) is 6.03. The van der Waals surface area contributed by atoms with E-state index in [0.29, 0.717) is 31.1 Å². The maximum absolute atomic E-state index is 12.2. The Labute approximate surface area is 192 Å². The van der Waals surface area contributed by atoms with Crippen LogP contribution < -0.4 is 4.90 Å². The number of piperidine rings is 1. The number of aliphatic hydroxyl groups excluding tert-OH is 1. The molecule has 5 rings (SSSR count). The first-order valence-corrected chi connectivity index (χ1v) is 11.2. The number of fused-ring (bicyclic) bond motifs is 1. The largest absolute Gasteiger partial charge is 0.393 e. The molecule has 8 heteroatoms. The van der Waals surface area contributed by atoms with Crippen LogP contribution in [0.2, 0.25) is 0 Å². The van der Waals surface area contributed by atoms with Gasteiger partial charge in [-0.15, -0.1) is 0 Å². The van der Waals surface area contributed by atoms with Crippen LogP contribution in [-0.4, -0.2) is 48.2 Å². The molecule has 168 valence electrons. The van der Waals surface area contributed by atoms with Crippen LogP contribution in [0, 0.1) is 0 Å². The highest BCUT2D eigenvalue weighted by Crippen LogP contribution is 2.25. The van der Waals surface area contributed by atoms with Crippen LogP contribution in [0.3, 0.4) is 0 Å². The summed E-state index contributed by atoms with van der Waals surface area (Å²) >= 11 is 0. The molecule has 1 unspecified atom stereocenters. The molecule has 33 heavy (non-hydrogen) atoms. The molecule has 1 fully saturated rings. The Bertz CT molecular complexity index is 1300. The number of rotatable bonds is 5. The lowest BCUT2D eigenvalue weighted by atomic mass is 10.0. The van der Waals surface area contributed by atoms with Crippen LogP contribution in [0.4, 0.5) is 5.69 Å². The van der Waals surface area contributed by atoms with Crippen LogP contribution in [0.5, 0.6) is 0 Å². The molecule has 1 atom stereocenters. The average Bonchev–Trinajstić information content (AvgIpc) is 3.24. The molecule has 0 saturated carbocycles. The van der Waals surface area contributed by atoms with Crippen molar-refractivity contribution >= 4 is 17.1 Å². The van der Waals surface area contributed by atoms with E-state index in [0.717, 1.165) is 28.2 Å². The topological polar surface area (TPSA) is 96.5 Å². The molecule has 1 saturated heterocycles. The Morgan fingerprint density at radius 3 is 2.79 bits per heavy atom. The van der Waals surface area contributed by atoms with Crippen molar-refractivity contribution in [3.8, 4) is 11.3 Å². The van der Waals surface area contributed by atoms with Gasteiger partial charge in [-0.3, -0.25) is 9.78 Å². The van der Waals surface area contributed by atoms with Crippen molar-refractivity contribution in [2.24, 2.45) is 0 Å². The summed E-state index contributed by atoms with van der Waals surface area (Å²) < 4.78 is 1.89. The molecule has 8 nitrogen and oxygen atoms in total. The molecule has 5 heterocycles. The molecule has 4 aromatic heterocycles. The van der Waals surface area contributed by atoms with Crippen molar-refractivity contribution in [1.82, 2.24) is 24.6 Å². The van der Waals surface area contributed by atoms with Crippen LogP contribution in [0.25, 0.3) is 16.8 Å². The molecule has 0 aliphatic carbocycles. The first-order chi connectivity index (χ1) is 16.0. The number of amides is 1. The molecule has 4 aromatic rings. The van der Waals surface area contributed by atoms with Crippen molar-refractivity contribution in [1.29, 1.82) is 0 Å². The molecule has 1 aliphatic rings. The predicted molar refractivity (Wildman–Crippen MR) is 125 cm³/mol. The molecule has 1 amide bonds. The zero-order valence-electron chi connectivity index (χ0n) is 18.7. The highest BCUT2D eigenvalue weighted by Gasteiger charge is 2.25. The van der Waals surface area contributed by atoms with Crippen molar-refractivity contribution < 1.29 is 9.90 Å². The third-order valence-corrected chi connectivity index (χ3v) is 6.03. The zero-order chi connectivity index (χ0) is 22.9. The summed E-state index contributed by atoms with van der Waals surface area (Å²) in [7, 11) is 0. The summed E-state index contributed by atoms with van der Waals surface area (Å²) in [6.07, 6.45) is 8.04. The number of hydrogen-bond acceptors (Lipinski definition) is 6. The minimum absolute atomic E-state index is 0.0740. The van der Waals surface area contributed by atoms with Gasteiger partial charge in [-0.25, -0.2) is 14.5 Å². The van der Waals surface area contributed by atoms with Gasteiger partial charge in [0.2, 0.25) is 5.91 Å². The third kappa shape index (κ3) is 4.34. The van der Waals surface area contributed by atoms with Gasteiger partial charge in [0.15, 0.2) is 0 Å². The van der Waals surface area contributed by atoms with Gasteiger partial charge in [-0.1, -0.05) is 13.8 Å². The standard InChI is InChI=1S/C25H26N6O2/c1-16(2)21-15-28-31-10-6-17(11-23(21)31)22-5-8-26-24(29-22)12-18-3-4-19(14-27-18)30-9-7-20(32)13-25(30)33/h3-6,8,10-11,14-16,20,32H,7,9,12-13H2,1-2H3. The molecule has 0 radical (unpaired) electrons. The Morgan fingerprint density at radius 2 is 2.03 bits per heavy atom. The van der Waals surface area contributed by atoms with Crippen molar-refractivity contribution in [3.05, 3.63) is 72.2 Å². The van der Waals surface area contributed by atoms with E-state index < -0.39 is 6.10 Å². The van der Waals surface area contributed by atoms with E-state index in [1.54, 1.807) is 17.3 Å². The zero-order valence-corrected chi connectivity index (χ0v) is 18.7. The Morgan fingerprint density at radius 1 is 1.15 bits per heavy atom. The fourth-order valence-corrected chi connectivity index (χ4v) is 4.18. The summed E-state index contributed by atoms with van der Waals surface area (Å²) in [5, 5.41) is 14.1. The summed E-state index contributed by atoms with van der Waals surface area (Å²) in [5.74, 6) is 0.996.